The zero-order valence-corrected chi connectivity index (χ0v) is 20.4. The summed E-state index contributed by atoms with van der Waals surface area (Å²) in [4.78, 5) is 49.7. The molecule has 1 aromatic carbocycles. The van der Waals surface area contributed by atoms with E-state index in [-0.39, 0.29) is 23.8 Å². The lowest BCUT2D eigenvalue weighted by molar-refractivity contribution is -0.133. The largest absolute Gasteiger partial charge is 0.478 e. The molecule has 0 heterocycles. The Morgan fingerprint density at radius 3 is 2.00 bits per heavy atom. The second-order valence-electron chi connectivity index (χ2n) is 8.83. The summed E-state index contributed by atoms with van der Waals surface area (Å²) < 4.78 is 0. The van der Waals surface area contributed by atoms with E-state index in [4.69, 9.17) is 0 Å². The number of hydrogen-bond acceptors (Lipinski definition) is 4. The smallest absolute Gasteiger partial charge is 0.333 e. The third kappa shape index (κ3) is 9.08. The van der Waals surface area contributed by atoms with E-state index in [1.807, 2.05) is 13.8 Å². The van der Waals surface area contributed by atoms with E-state index in [9.17, 15) is 24.3 Å². The minimum Gasteiger partial charge on any atom is -0.478 e. The average Bonchev–Trinajstić information content (AvgIpc) is 2.75. The highest BCUT2D eigenvalue weighted by atomic mass is 16.4. The zero-order chi connectivity index (χ0) is 25.1. The van der Waals surface area contributed by atoms with Crippen LogP contribution in [0.5, 0.6) is 0 Å². The lowest BCUT2D eigenvalue weighted by atomic mass is 10.0. The van der Waals surface area contributed by atoms with Crippen LogP contribution in [0.3, 0.4) is 0 Å². The normalized spacial score (nSPS) is 13.7. The van der Waals surface area contributed by atoms with Gasteiger partial charge in [0.15, 0.2) is 0 Å². The predicted octanol–water partition coefficient (Wildman–Crippen LogP) is 3.25. The summed E-state index contributed by atoms with van der Waals surface area (Å²) in [5.74, 6) is -2.33. The van der Waals surface area contributed by atoms with E-state index in [2.05, 4.69) is 16.0 Å². The van der Waals surface area contributed by atoms with Gasteiger partial charge in [-0.05, 0) is 50.2 Å². The van der Waals surface area contributed by atoms with Gasteiger partial charge in [-0.1, -0.05) is 52.8 Å². The molecule has 0 aromatic heterocycles. The van der Waals surface area contributed by atoms with Crippen LogP contribution in [0.1, 0.15) is 71.2 Å². The number of carboxylic acid groups (broad SMARTS) is 1. The fourth-order valence-electron chi connectivity index (χ4n) is 3.19. The number of rotatable bonds is 12. The van der Waals surface area contributed by atoms with Gasteiger partial charge in [0, 0.05) is 11.3 Å². The minimum atomic E-state index is -1.07. The maximum atomic E-state index is 12.9. The van der Waals surface area contributed by atoms with Gasteiger partial charge in [0.2, 0.25) is 11.8 Å². The lowest BCUT2D eigenvalue weighted by Gasteiger charge is -2.24. The molecule has 0 aliphatic heterocycles. The van der Waals surface area contributed by atoms with Gasteiger partial charge in [-0.15, -0.1) is 0 Å². The minimum absolute atomic E-state index is 0.151. The molecule has 4 N–H and O–H groups in total. The van der Waals surface area contributed by atoms with Gasteiger partial charge < -0.3 is 21.1 Å². The van der Waals surface area contributed by atoms with Crippen molar-refractivity contribution in [1.82, 2.24) is 16.0 Å². The Bertz CT molecular complexity index is 862. The molecule has 8 nitrogen and oxygen atoms in total. The molecule has 2 atom stereocenters. The van der Waals surface area contributed by atoms with Crippen molar-refractivity contribution in [3.8, 4) is 0 Å². The maximum Gasteiger partial charge on any atom is 0.333 e. The molecule has 0 fully saturated rings. The maximum absolute atomic E-state index is 12.9. The fourth-order valence-corrected chi connectivity index (χ4v) is 3.19. The third-order valence-electron chi connectivity index (χ3n) is 5.25. The summed E-state index contributed by atoms with van der Waals surface area (Å²) in [6.07, 6.45) is 1.40. The Kier molecular flexibility index (Phi) is 11.3. The van der Waals surface area contributed by atoms with E-state index in [1.165, 1.54) is 6.92 Å². The van der Waals surface area contributed by atoms with Crippen LogP contribution in [0.2, 0.25) is 0 Å². The number of nitrogens with one attached hydrogen (secondary N) is 3. The van der Waals surface area contributed by atoms with Crippen LogP contribution in [-0.2, 0) is 14.4 Å². The molecule has 0 radical (unpaired) electrons. The Labute approximate surface area is 196 Å². The van der Waals surface area contributed by atoms with Gasteiger partial charge in [0.05, 0.1) is 5.57 Å². The molecule has 1 rings (SSSR count). The fraction of sp³-hybridized carbons (Fsp3) is 0.520. The molecular weight excluding hydrogens is 422 g/mol. The molecule has 182 valence electrons. The number of hydrogen-bond donors (Lipinski definition) is 4. The van der Waals surface area contributed by atoms with Crippen LogP contribution in [0.25, 0.3) is 0 Å². The van der Waals surface area contributed by atoms with Gasteiger partial charge >= 0.3 is 5.97 Å². The van der Waals surface area contributed by atoms with E-state index in [0.29, 0.717) is 30.0 Å². The van der Waals surface area contributed by atoms with Crippen molar-refractivity contribution in [2.75, 3.05) is 0 Å². The Hall–Kier alpha value is -3.16. The molecule has 0 spiro atoms. The number of allylic oxidation sites excluding steroid dienone is 1. The Morgan fingerprint density at radius 1 is 0.909 bits per heavy atom. The van der Waals surface area contributed by atoms with Crippen LogP contribution in [-0.4, -0.2) is 40.9 Å². The molecular formula is C25H37N3O5. The first kappa shape index (κ1) is 27.9. The van der Waals surface area contributed by atoms with Crippen LogP contribution in [0.15, 0.2) is 41.6 Å². The summed E-state index contributed by atoms with van der Waals surface area (Å²) in [6.45, 7) is 10.9. The molecule has 0 aliphatic carbocycles. The molecule has 0 bridgehead atoms. The first-order valence-electron chi connectivity index (χ1n) is 11.4. The number of benzene rings is 1. The van der Waals surface area contributed by atoms with Gasteiger partial charge in [-0.25, -0.2) is 4.79 Å². The van der Waals surface area contributed by atoms with Crippen molar-refractivity contribution in [3.05, 3.63) is 47.2 Å². The first-order valence-corrected chi connectivity index (χ1v) is 11.4. The monoisotopic (exact) mass is 459 g/mol. The molecule has 1 aromatic rings. The molecule has 33 heavy (non-hydrogen) atoms. The second kappa shape index (κ2) is 13.4. The number of carboxylic acids is 1. The average molecular weight is 460 g/mol. The highest BCUT2D eigenvalue weighted by Gasteiger charge is 2.28. The highest BCUT2D eigenvalue weighted by Crippen LogP contribution is 2.16. The topological polar surface area (TPSA) is 125 Å². The molecule has 0 aliphatic rings. The first-order chi connectivity index (χ1) is 15.5. The van der Waals surface area contributed by atoms with Gasteiger partial charge in [-0.2, -0.15) is 0 Å². The summed E-state index contributed by atoms with van der Waals surface area (Å²) in [5.41, 5.74) is 0.947. The number of amides is 3. The quantitative estimate of drug-likeness (QED) is 0.357. The van der Waals surface area contributed by atoms with Crippen molar-refractivity contribution in [1.29, 1.82) is 0 Å². The van der Waals surface area contributed by atoms with Crippen LogP contribution < -0.4 is 16.0 Å². The van der Waals surface area contributed by atoms with Gasteiger partial charge in [0.25, 0.3) is 5.91 Å². The summed E-state index contributed by atoms with van der Waals surface area (Å²) >= 11 is 0. The number of aliphatic carboxylic acids is 1. The van der Waals surface area contributed by atoms with Crippen molar-refractivity contribution in [2.24, 2.45) is 11.8 Å². The standard InChI is InChI=1S/C25H37N3O5/c1-7-19(25(32)33)20(14-13-15(2)3)27-22(29)17(6)26-24(31)21(16(4)5)28-23(30)18-11-9-8-10-12-18/h8-12,15-17,21H,7,13-14H2,1-6H3,(H,26,31)(H,27,29)(H,28,30)(H,32,33)/t17-,21-/m0/s1. The van der Waals surface area contributed by atoms with Crippen LogP contribution in [0, 0.1) is 11.8 Å². The molecule has 0 saturated carbocycles. The Balaban J connectivity index is 2.90. The van der Waals surface area contributed by atoms with Crippen molar-refractivity contribution < 1.29 is 24.3 Å². The second-order valence-corrected chi connectivity index (χ2v) is 8.83. The molecule has 3 amide bonds. The lowest BCUT2D eigenvalue weighted by Crippen LogP contribution is -2.54. The molecule has 0 unspecified atom stereocenters. The van der Waals surface area contributed by atoms with E-state index >= 15 is 0 Å². The number of carbonyl (C=O) groups is 4. The van der Waals surface area contributed by atoms with Crippen LogP contribution in [0.4, 0.5) is 0 Å². The molecule has 8 heteroatoms. The van der Waals surface area contributed by atoms with E-state index in [1.54, 1.807) is 51.1 Å². The van der Waals surface area contributed by atoms with Crippen molar-refractivity contribution in [2.45, 2.75) is 72.9 Å². The van der Waals surface area contributed by atoms with E-state index in [0.717, 1.165) is 0 Å². The zero-order valence-electron chi connectivity index (χ0n) is 20.4. The van der Waals surface area contributed by atoms with Gasteiger partial charge in [0.1, 0.15) is 12.1 Å². The van der Waals surface area contributed by atoms with E-state index < -0.39 is 29.9 Å². The summed E-state index contributed by atoms with van der Waals surface area (Å²) in [6, 6.07) is 6.80. The predicted molar refractivity (Wildman–Crippen MR) is 127 cm³/mol. The van der Waals surface area contributed by atoms with Gasteiger partial charge in [-0.3, -0.25) is 14.4 Å². The summed E-state index contributed by atoms with van der Waals surface area (Å²) in [7, 11) is 0. The van der Waals surface area contributed by atoms with Crippen molar-refractivity contribution in [3.63, 3.8) is 0 Å². The van der Waals surface area contributed by atoms with Crippen LogP contribution >= 0.6 is 0 Å². The SMILES string of the molecule is CCC(C(=O)O)=C(CCC(C)C)NC(=O)[C@H](C)NC(=O)[C@@H](NC(=O)c1ccccc1)C(C)C. The number of carbonyl (C=O) groups excluding carboxylic acids is 3. The Morgan fingerprint density at radius 2 is 1.52 bits per heavy atom. The third-order valence-corrected chi connectivity index (χ3v) is 5.25. The van der Waals surface area contributed by atoms with Crippen molar-refractivity contribution >= 4 is 23.7 Å². The summed E-state index contributed by atoms with van der Waals surface area (Å²) in [5, 5.41) is 17.6. The highest BCUT2D eigenvalue weighted by molar-refractivity contribution is 5.98. The molecule has 0 saturated heterocycles.